The number of benzene rings is 1. The lowest BCUT2D eigenvalue weighted by Crippen LogP contribution is -2.06. The molecule has 0 radical (unpaired) electrons. The van der Waals surface area contributed by atoms with Crippen molar-refractivity contribution in [2.45, 2.75) is 6.18 Å². The van der Waals surface area contributed by atoms with Gasteiger partial charge in [0.2, 0.25) is 0 Å². The molecule has 0 amide bonds. The molecule has 0 N–H and O–H groups in total. The van der Waals surface area contributed by atoms with Crippen molar-refractivity contribution < 1.29 is 17.6 Å². The number of alkyl halides is 3. The highest BCUT2D eigenvalue weighted by Crippen LogP contribution is 2.35. The molecule has 0 unspecified atom stereocenters. The summed E-state index contributed by atoms with van der Waals surface area (Å²) in [5.74, 6) is -0.579. The van der Waals surface area contributed by atoms with Crippen LogP contribution in [0.3, 0.4) is 0 Å². The number of fused-ring (bicyclic) bond motifs is 1. The van der Waals surface area contributed by atoms with Gasteiger partial charge in [0.1, 0.15) is 11.5 Å². The Morgan fingerprint density at radius 1 is 1.14 bits per heavy atom. The molecule has 0 spiro atoms. The quantitative estimate of drug-likeness (QED) is 0.494. The van der Waals surface area contributed by atoms with Gasteiger partial charge in [0.25, 0.3) is 0 Å². The summed E-state index contributed by atoms with van der Waals surface area (Å²) in [5, 5.41) is 4.03. The van der Waals surface area contributed by atoms with E-state index < -0.39 is 17.6 Å². The Labute approximate surface area is 135 Å². The highest BCUT2D eigenvalue weighted by Gasteiger charge is 2.31. The van der Waals surface area contributed by atoms with E-state index in [-0.39, 0.29) is 5.02 Å². The molecule has 2 heterocycles. The molecule has 8 heteroatoms. The molecule has 0 saturated carbocycles. The maximum atomic E-state index is 13.2. The second kappa shape index (κ2) is 5.24. The van der Waals surface area contributed by atoms with Crippen LogP contribution in [0, 0.1) is 5.82 Å². The van der Waals surface area contributed by atoms with Crippen LogP contribution in [0.4, 0.5) is 17.6 Å². The molecule has 0 bridgehead atoms. The van der Waals surface area contributed by atoms with Crippen LogP contribution in [0.15, 0.2) is 41.0 Å². The number of pyridine rings is 1. The lowest BCUT2D eigenvalue weighted by atomic mass is 10.1. The lowest BCUT2D eigenvalue weighted by molar-refractivity contribution is -0.137. The second-order valence-corrected chi connectivity index (χ2v) is 5.74. The summed E-state index contributed by atoms with van der Waals surface area (Å²) < 4.78 is 53.0. The molecule has 22 heavy (non-hydrogen) atoms. The van der Waals surface area contributed by atoms with Gasteiger partial charge in [-0.15, -0.1) is 0 Å². The molecule has 2 aromatic heterocycles. The fraction of sp³-hybridized carbons (Fsp3) is 0.0714. The molecular weight excluding hydrogens is 388 g/mol. The molecule has 1 aromatic carbocycles. The molecule has 2 nitrogen and oxygen atoms in total. The number of aromatic nitrogens is 2. The van der Waals surface area contributed by atoms with E-state index in [0.29, 0.717) is 21.2 Å². The van der Waals surface area contributed by atoms with Gasteiger partial charge in [-0.1, -0.05) is 11.6 Å². The first-order valence-corrected chi connectivity index (χ1v) is 7.15. The molecule has 3 rings (SSSR count). The van der Waals surface area contributed by atoms with Crippen LogP contribution in [0.5, 0.6) is 0 Å². The Kier molecular flexibility index (Phi) is 3.65. The van der Waals surface area contributed by atoms with E-state index >= 15 is 0 Å². The smallest absolute Gasteiger partial charge is 0.239 e. The van der Waals surface area contributed by atoms with Crippen molar-refractivity contribution in [2.24, 2.45) is 0 Å². The third kappa shape index (κ3) is 2.59. The van der Waals surface area contributed by atoms with E-state index in [4.69, 9.17) is 11.6 Å². The van der Waals surface area contributed by atoms with Gasteiger partial charge in [0.15, 0.2) is 0 Å². The van der Waals surface area contributed by atoms with Crippen LogP contribution in [0.25, 0.3) is 16.8 Å². The Morgan fingerprint density at radius 2 is 1.86 bits per heavy atom. The van der Waals surface area contributed by atoms with E-state index in [9.17, 15) is 17.6 Å². The van der Waals surface area contributed by atoms with Gasteiger partial charge < -0.3 is 0 Å². The highest BCUT2D eigenvalue weighted by molar-refractivity contribution is 9.10. The van der Waals surface area contributed by atoms with E-state index in [0.717, 1.165) is 16.8 Å². The summed E-state index contributed by atoms with van der Waals surface area (Å²) in [5.41, 5.74) is 0.527. The zero-order chi connectivity index (χ0) is 16.1. The van der Waals surface area contributed by atoms with E-state index in [1.165, 1.54) is 24.3 Å². The summed E-state index contributed by atoms with van der Waals surface area (Å²) in [4.78, 5) is 0. The zero-order valence-corrected chi connectivity index (χ0v) is 13.0. The number of hydrogen-bond acceptors (Lipinski definition) is 1. The Hall–Kier alpha value is -1.60. The number of nitrogens with zero attached hydrogens (tertiary/aromatic N) is 2. The number of halogens is 6. The first kappa shape index (κ1) is 15.3. The van der Waals surface area contributed by atoms with Crippen molar-refractivity contribution in [3.05, 3.63) is 57.4 Å². The van der Waals surface area contributed by atoms with Gasteiger partial charge in [-0.3, -0.25) is 0 Å². The Bertz CT molecular complexity index is 873. The van der Waals surface area contributed by atoms with Gasteiger partial charge in [-0.2, -0.15) is 18.3 Å². The highest BCUT2D eigenvalue weighted by atomic mass is 79.9. The topological polar surface area (TPSA) is 17.3 Å². The van der Waals surface area contributed by atoms with Crippen LogP contribution in [-0.4, -0.2) is 9.61 Å². The molecule has 0 aliphatic heterocycles. The molecular formula is C14H6BrClF4N2. The Balaban J connectivity index is 2.19. The SMILES string of the molecule is Fc1ccc(-c2nn3cc(C(F)(F)F)ccc3c2Br)cc1Cl. The molecule has 0 fully saturated rings. The molecule has 114 valence electrons. The van der Waals surface area contributed by atoms with Crippen LogP contribution in [0.1, 0.15) is 5.56 Å². The van der Waals surface area contributed by atoms with Crippen molar-refractivity contribution in [2.75, 3.05) is 0 Å². The standard InChI is InChI=1S/C14H6BrClF4N2/c15-12-11-4-2-8(14(18,19)20)6-22(11)21-13(12)7-1-3-10(17)9(16)5-7/h1-6H. The van der Waals surface area contributed by atoms with Crippen LogP contribution >= 0.6 is 27.5 Å². The van der Waals surface area contributed by atoms with Crippen LogP contribution < -0.4 is 0 Å². The maximum Gasteiger partial charge on any atom is 0.417 e. The average Bonchev–Trinajstić information content (AvgIpc) is 2.78. The normalized spacial score (nSPS) is 12.1. The lowest BCUT2D eigenvalue weighted by Gasteiger charge is -2.05. The number of rotatable bonds is 1. The number of hydrogen-bond donors (Lipinski definition) is 0. The molecule has 0 saturated heterocycles. The van der Waals surface area contributed by atoms with Gasteiger partial charge in [-0.05, 0) is 46.3 Å². The van der Waals surface area contributed by atoms with Crippen molar-refractivity contribution >= 4 is 33.0 Å². The van der Waals surface area contributed by atoms with Crippen molar-refractivity contribution in [1.82, 2.24) is 9.61 Å². The maximum absolute atomic E-state index is 13.2. The van der Waals surface area contributed by atoms with Crippen molar-refractivity contribution in [3.8, 4) is 11.3 Å². The summed E-state index contributed by atoms with van der Waals surface area (Å²) in [6, 6.07) is 6.29. The summed E-state index contributed by atoms with van der Waals surface area (Å²) in [6.45, 7) is 0. The summed E-state index contributed by atoms with van der Waals surface area (Å²) >= 11 is 9.03. The average molecular weight is 394 g/mol. The predicted molar refractivity (Wildman–Crippen MR) is 78.3 cm³/mol. The van der Waals surface area contributed by atoms with Gasteiger partial charge in [0, 0.05) is 11.8 Å². The van der Waals surface area contributed by atoms with Gasteiger partial charge >= 0.3 is 6.18 Å². The fourth-order valence-corrected chi connectivity index (χ4v) is 2.82. The minimum atomic E-state index is -4.45. The fourth-order valence-electron chi connectivity index (χ4n) is 2.01. The molecule has 0 aliphatic carbocycles. The summed E-state index contributed by atoms with van der Waals surface area (Å²) in [7, 11) is 0. The first-order valence-electron chi connectivity index (χ1n) is 5.98. The first-order chi connectivity index (χ1) is 10.3. The predicted octanol–water partition coefficient (Wildman–Crippen LogP) is 5.58. The Morgan fingerprint density at radius 3 is 2.50 bits per heavy atom. The minimum absolute atomic E-state index is 0.0857. The molecule has 0 aliphatic rings. The largest absolute Gasteiger partial charge is 0.417 e. The zero-order valence-electron chi connectivity index (χ0n) is 10.6. The second-order valence-electron chi connectivity index (χ2n) is 4.54. The van der Waals surface area contributed by atoms with Crippen molar-refractivity contribution in [1.29, 1.82) is 0 Å². The third-order valence-electron chi connectivity index (χ3n) is 3.09. The van der Waals surface area contributed by atoms with Crippen molar-refractivity contribution in [3.63, 3.8) is 0 Å². The molecule has 3 aromatic rings. The molecule has 0 atom stereocenters. The van der Waals surface area contributed by atoms with E-state index in [1.807, 2.05) is 0 Å². The van der Waals surface area contributed by atoms with E-state index in [1.54, 1.807) is 0 Å². The third-order valence-corrected chi connectivity index (χ3v) is 4.16. The van der Waals surface area contributed by atoms with Gasteiger partial charge in [0.05, 0.1) is 20.6 Å². The minimum Gasteiger partial charge on any atom is -0.239 e. The van der Waals surface area contributed by atoms with Crippen LogP contribution in [0.2, 0.25) is 5.02 Å². The van der Waals surface area contributed by atoms with Gasteiger partial charge in [-0.25, -0.2) is 8.91 Å². The van der Waals surface area contributed by atoms with Crippen LogP contribution in [-0.2, 0) is 6.18 Å². The summed E-state index contributed by atoms with van der Waals surface area (Å²) in [6.07, 6.45) is -3.55. The monoisotopic (exact) mass is 392 g/mol. The van der Waals surface area contributed by atoms with E-state index in [2.05, 4.69) is 21.0 Å².